The summed E-state index contributed by atoms with van der Waals surface area (Å²) in [6, 6.07) is 18.4. The van der Waals surface area contributed by atoms with E-state index in [4.69, 9.17) is 16.3 Å². The van der Waals surface area contributed by atoms with Gasteiger partial charge in [0.05, 0.1) is 6.61 Å². The number of nitriles is 1. The van der Waals surface area contributed by atoms with Crippen LogP contribution in [0.5, 0.6) is 5.75 Å². The Labute approximate surface area is 199 Å². The monoisotopic (exact) mass is 512 g/mol. The number of nitrogens with zero attached hydrogens (tertiary/aromatic N) is 1. The molecule has 1 amide bonds. The van der Waals surface area contributed by atoms with Crippen molar-refractivity contribution in [3.63, 3.8) is 0 Å². The zero-order valence-electron chi connectivity index (χ0n) is 17.2. The van der Waals surface area contributed by atoms with Gasteiger partial charge in [0.15, 0.2) is 0 Å². The largest absolute Gasteiger partial charge is 0.494 e. The average Bonchev–Trinajstić information content (AvgIpc) is 2.77. The fourth-order valence-electron chi connectivity index (χ4n) is 3.05. The van der Waals surface area contributed by atoms with Crippen molar-refractivity contribution >= 4 is 45.2 Å². The van der Waals surface area contributed by atoms with Crippen molar-refractivity contribution in [2.24, 2.45) is 0 Å². The van der Waals surface area contributed by atoms with E-state index in [1.165, 1.54) is 30.3 Å². The Morgan fingerprint density at radius 3 is 2.59 bits per heavy atom. The Morgan fingerprint density at radius 1 is 1.22 bits per heavy atom. The van der Waals surface area contributed by atoms with Crippen LogP contribution in [0.1, 0.15) is 23.6 Å². The molecule has 0 aliphatic rings. The normalized spacial score (nSPS) is 11.0. The SMILES string of the molecule is CCOc1cc(/C=C(\C#N)C(=O)Nc2ccc(F)cc2)cc(Br)c1Cc1ccccc1Cl. The quantitative estimate of drug-likeness (QED) is 0.280. The number of hydrogen-bond donors (Lipinski definition) is 1. The van der Waals surface area contributed by atoms with Gasteiger partial charge in [0, 0.05) is 27.2 Å². The number of carbonyl (C=O) groups is 1. The Morgan fingerprint density at radius 2 is 1.94 bits per heavy atom. The molecular formula is C25H19BrClFN2O2. The molecule has 0 bridgehead atoms. The van der Waals surface area contributed by atoms with E-state index in [-0.39, 0.29) is 5.57 Å². The van der Waals surface area contributed by atoms with E-state index in [0.29, 0.717) is 35.1 Å². The standard InChI is InChI=1S/C25H19BrClFN2O2/c1-2-32-24-13-16(12-22(26)21(24)14-17-5-3-4-6-23(17)27)11-18(15-29)25(31)30-20-9-7-19(28)8-10-20/h3-13H,2,14H2,1H3,(H,30,31)/b18-11+. The molecule has 0 fully saturated rings. The predicted octanol–water partition coefficient (Wildman–Crippen LogP) is 6.78. The highest BCUT2D eigenvalue weighted by Crippen LogP contribution is 2.33. The smallest absolute Gasteiger partial charge is 0.266 e. The van der Waals surface area contributed by atoms with Gasteiger partial charge in [0.2, 0.25) is 0 Å². The van der Waals surface area contributed by atoms with Gasteiger partial charge in [-0.05, 0) is 66.6 Å². The Kier molecular flexibility index (Phi) is 8.04. The summed E-state index contributed by atoms with van der Waals surface area (Å²) >= 11 is 9.91. The van der Waals surface area contributed by atoms with E-state index in [0.717, 1.165) is 15.6 Å². The maximum atomic E-state index is 13.1. The lowest BCUT2D eigenvalue weighted by Crippen LogP contribution is -2.13. The number of ether oxygens (including phenoxy) is 1. The van der Waals surface area contributed by atoms with Crippen molar-refractivity contribution in [3.8, 4) is 11.8 Å². The molecule has 0 aromatic heterocycles. The third kappa shape index (κ3) is 5.97. The summed E-state index contributed by atoms with van der Waals surface area (Å²) in [5.74, 6) is -0.373. The number of rotatable bonds is 7. The zero-order valence-corrected chi connectivity index (χ0v) is 19.5. The third-order valence-corrected chi connectivity index (χ3v) is 5.66. The molecule has 0 saturated carbocycles. The highest BCUT2D eigenvalue weighted by Gasteiger charge is 2.15. The second kappa shape index (κ2) is 10.9. The molecular weight excluding hydrogens is 495 g/mol. The number of hydrogen-bond acceptors (Lipinski definition) is 3. The highest BCUT2D eigenvalue weighted by atomic mass is 79.9. The molecule has 0 aliphatic heterocycles. The van der Waals surface area contributed by atoms with Crippen LogP contribution in [0, 0.1) is 17.1 Å². The van der Waals surface area contributed by atoms with Crippen LogP contribution >= 0.6 is 27.5 Å². The van der Waals surface area contributed by atoms with Crippen LogP contribution in [0.3, 0.4) is 0 Å². The van der Waals surface area contributed by atoms with Crippen molar-refractivity contribution in [2.75, 3.05) is 11.9 Å². The van der Waals surface area contributed by atoms with Crippen molar-refractivity contribution in [3.05, 3.63) is 98.2 Å². The van der Waals surface area contributed by atoms with E-state index < -0.39 is 11.7 Å². The number of nitrogens with one attached hydrogen (secondary N) is 1. The molecule has 3 aromatic rings. The summed E-state index contributed by atoms with van der Waals surface area (Å²) in [6.45, 7) is 2.33. The molecule has 162 valence electrons. The van der Waals surface area contributed by atoms with Crippen molar-refractivity contribution in [1.29, 1.82) is 5.26 Å². The molecule has 0 aliphatic carbocycles. The first-order chi connectivity index (χ1) is 15.4. The molecule has 0 unspecified atom stereocenters. The van der Waals surface area contributed by atoms with Crippen LogP contribution in [0.15, 0.2) is 70.7 Å². The Bertz CT molecular complexity index is 1200. The van der Waals surface area contributed by atoms with Gasteiger partial charge >= 0.3 is 0 Å². The van der Waals surface area contributed by atoms with Gasteiger partial charge in [-0.2, -0.15) is 5.26 Å². The van der Waals surface area contributed by atoms with E-state index in [1.54, 1.807) is 6.07 Å². The van der Waals surface area contributed by atoms with E-state index in [2.05, 4.69) is 21.2 Å². The lowest BCUT2D eigenvalue weighted by molar-refractivity contribution is -0.112. The topological polar surface area (TPSA) is 62.1 Å². The molecule has 0 spiro atoms. The maximum Gasteiger partial charge on any atom is 0.266 e. The zero-order chi connectivity index (χ0) is 23.1. The molecule has 32 heavy (non-hydrogen) atoms. The molecule has 0 atom stereocenters. The second-order valence-electron chi connectivity index (χ2n) is 6.81. The molecule has 0 radical (unpaired) electrons. The first-order valence-electron chi connectivity index (χ1n) is 9.78. The van der Waals surface area contributed by atoms with Gasteiger partial charge in [-0.25, -0.2) is 4.39 Å². The van der Waals surface area contributed by atoms with Crippen molar-refractivity contribution in [1.82, 2.24) is 0 Å². The number of carbonyl (C=O) groups excluding carboxylic acids is 1. The Hall–Kier alpha value is -3.14. The average molecular weight is 514 g/mol. The van der Waals surface area contributed by atoms with Gasteiger partial charge in [-0.3, -0.25) is 4.79 Å². The highest BCUT2D eigenvalue weighted by molar-refractivity contribution is 9.10. The van der Waals surface area contributed by atoms with Crippen LogP contribution in [0.25, 0.3) is 6.08 Å². The van der Waals surface area contributed by atoms with Gasteiger partial charge in [0.25, 0.3) is 5.91 Å². The van der Waals surface area contributed by atoms with Gasteiger partial charge < -0.3 is 10.1 Å². The van der Waals surface area contributed by atoms with Gasteiger partial charge in [0.1, 0.15) is 23.2 Å². The lowest BCUT2D eigenvalue weighted by Gasteiger charge is -2.15. The summed E-state index contributed by atoms with van der Waals surface area (Å²) in [6.07, 6.45) is 2.03. The summed E-state index contributed by atoms with van der Waals surface area (Å²) in [5, 5.41) is 12.8. The van der Waals surface area contributed by atoms with Crippen molar-refractivity contribution in [2.45, 2.75) is 13.3 Å². The molecule has 3 rings (SSSR count). The first-order valence-corrected chi connectivity index (χ1v) is 11.0. The fraction of sp³-hybridized carbons (Fsp3) is 0.120. The predicted molar refractivity (Wildman–Crippen MR) is 128 cm³/mol. The van der Waals surface area contributed by atoms with Crippen LogP contribution in [-0.4, -0.2) is 12.5 Å². The van der Waals surface area contributed by atoms with Crippen LogP contribution in [0.2, 0.25) is 5.02 Å². The second-order valence-corrected chi connectivity index (χ2v) is 8.07. The molecule has 1 N–H and O–H groups in total. The summed E-state index contributed by atoms with van der Waals surface area (Å²) in [4.78, 5) is 12.5. The summed E-state index contributed by atoms with van der Waals surface area (Å²) in [5.41, 5.74) is 2.78. The van der Waals surface area contributed by atoms with Crippen LogP contribution in [0.4, 0.5) is 10.1 Å². The van der Waals surface area contributed by atoms with Gasteiger partial charge in [-0.15, -0.1) is 0 Å². The lowest BCUT2D eigenvalue weighted by atomic mass is 10.0. The van der Waals surface area contributed by atoms with E-state index in [9.17, 15) is 14.4 Å². The minimum absolute atomic E-state index is 0.0949. The first kappa shape index (κ1) is 23.5. The number of halogens is 3. The minimum Gasteiger partial charge on any atom is -0.494 e. The molecule has 0 heterocycles. The maximum absolute atomic E-state index is 13.1. The fourth-order valence-corrected chi connectivity index (χ4v) is 3.85. The minimum atomic E-state index is -0.590. The van der Waals surface area contributed by atoms with E-state index in [1.807, 2.05) is 43.3 Å². The molecule has 0 saturated heterocycles. The van der Waals surface area contributed by atoms with Crippen LogP contribution < -0.4 is 10.1 Å². The number of anilines is 1. The summed E-state index contributed by atoms with van der Waals surface area (Å²) in [7, 11) is 0. The van der Waals surface area contributed by atoms with E-state index >= 15 is 0 Å². The van der Waals surface area contributed by atoms with Crippen molar-refractivity contribution < 1.29 is 13.9 Å². The molecule has 4 nitrogen and oxygen atoms in total. The third-order valence-electron chi connectivity index (χ3n) is 4.58. The molecule has 7 heteroatoms. The summed E-state index contributed by atoms with van der Waals surface area (Å²) < 4.78 is 19.7. The number of amides is 1. The molecule has 3 aromatic carbocycles. The van der Waals surface area contributed by atoms with Gasteiger partial charge in [-0.1, -0.05) is 45.7 Å². The number of benzene rings is 3. The Balaban J connectivity index is 1.91. The van der Waals surface area contributed by atoms with Crippen LogP contribution in [-0.2, 0) is 11.2 Å².